The second-order valence-electron chi connectivity index (χ2n) is 3.21. The summed E-state index contributed by atoms with van der Waals surface area (Å²) in [6, 6.07) is 7.37. The summed E-state index contributed by atoms with van der Waals surface area (Å²) in [5.74, 6) is 2.45. The lowest BCUT2D eigenvalue weighted by atomic mass is 10.2. The fourth-order valence-electron chi connectivity index (χ4n) is 1.02. The van der Waals surface area contributed by atoms with Gasteiger partial charge in [0, 0.05) is 0 Å². The van der Waals surface area contributed by atoms with Crippen LogP contribution in [0.5, 0.6) is 0 Å². The van der Waals surface area contributed by atoms with E-state index in [4.69, 9.17) is 10.6 Å². The maximum absolute atomic E-state index is 11.7. The van der Waals surface area contributed by atoms with E-state index in [0.29, 0.717) is 11.3 Å². The third-order valence-corrected chi connectivity index (χ3v) is 3.04. The second kappa shape index (κ2) is 5.69. The van der Waals surface area contributed by atoms with Gasteiger partial charge in [0.25, 0.3) is 0 Å². The van der Waals surface area contributed by atoms with E-state index in [0.717, 1.165) is 5.56 Å². The maximum atomic E-state index is 11.7. The van der Waals surface area contributed by atoms with Crippen LogP contribution in [-0.4, -0.2) is 10.3 Å². The van der Waals surface area contributed by atoms with Gasteiger partial charge in [-0.3, -0.25) is 4.18 Å². The maximum Gasteiger partial charge on any atom is 0.190 e. The molecule has 0 aliphatic heterocycles. The van der Waals surface area contributed by atoms with Crippen LogP contribution >= 0.6 is 0 Å². The highest BCUT2D eigenvalue weighted by atomic mass is 32.2. The number of benzene rings is 1. The van der Waals surface area contributed by atoms with Crippen molar-refractivity contribution < 1.29 is 8.39 Å². The van der Waals surface area contributed by atoms with Crippen molar-refractivity contribution in [1.29, 1.82) is 0 Å². The van der Waals surface area contributed by atoms with Gasteiger partial charge in [-0.1, -0.05) is 30.5 Å². The Kier molecular flexibility index (Phi) is 4.54. The van der Waals surface area contributed by atoms with Gasteiger partial charge in [0.05, 0.1) is 4.90 Å². The zero-order valence-electron chi connectivity index (χ0n) is 8.90. The Bertz CT molecular complexity index is 376. The lowest BCUT2D eigenvalue weighted by molar-refractivity contribution is 0.282. The minimum atomic E-state index is -1.46. The zero-order chi connectivity index (χ0) is 11.3. The molecule has 0 fully saturated rings. The molecule has 0 spiro atoms. The third kappa shape index (κ3) is 3.50. The van der Waals surface area contributed by atoms with Crippen LogP contribution in [0, 0.1) is 19.3 Å². The van der Waals surface area contributed by atoms with E-state index in [9.17, 15) is 4.21 Å². The van der Waals surface area contributed by atoms with E-state index >= 15 is 0 Å². The molecule has 0 radical (unpaired) electrons. The molecule has 0 aliphatic rings. The van der Waals surface area contributed by atoms with Gasteiger partial charge in [0.1, 0.15) is 6.10 Å². The molecule has 15 heavy (non-hydrogen) atoms. The van der Waals surface area contributed by atoms with Gasteiger partial charge < -0.3 is 0 Å². The highest BCUT2D eigenvalue weighted by molar-refractivity contribution is 7.80. The molecule has 0 aliphatic carbocycles. The predicted molar refractivity (Wildman–Crippen MR) is 61.6 cm³/mol. The first kappa shape index (κ1) is 12.0. The highest BCUT2D eigenvalue weighted by Crippen LogP contribution is 2.11. The molecule has 0 saturated heterocycles. The fourth-order valence-corrected chi connectivity index (χ4v) is 1.90. The van der Waals surface area contributed by atoms with E-state index in [1.165, 1.54) is 0 Å². The molecular formula is C12H14O2S. The first-order valence-corrected chi connectivity index (χ1v) is 5.86. The van der Waals surface area contributed by atoms with Gasteiger partial charge in [0.15, 0.2) is 11.1 Å². The summed E-state index contributed by atoms with van der Waals surface area (Å²) >= 11 is -1.46. The Morgan fingerprint density at radius 1 is 1.47 bits per heavy atom. The van der Waals surface area contributed by atoms with Crippen LogP contribution in [0.1, 0.15) is 18.9 Å². The number of rotatable bonds is 4. The van der Waals surface area contributed by atoms with Crippen molar-refractivity contribution in [2.24, 2.45) is 0 Å². The normalized spacial score (nSPS) is 14.2. The number of hydrogen-bond acceptors (Lipinski definition) is 2. The van der Waals surface area contributed by atoms with Crippen LogP contribution in [-0.2, 0) is 15.3 Å². The molecule has 2 nitrogen and oxygen atoms in total. The largest absolute Gasteiger partial charge is 0.270 e. The van der Waals surface area contributed by atoms with Gasteiger partial charge in [-0.25, -0.2) is 4.21 Å². The summed E-state index contributed by atoms with van der Waals surface area (Å²) in [7, 11) is 0. The van der Waals surface area contributed by atoms with Gasteiger partial charge in [-0.05, 0) is 25.5 Å². The number of aryl methyl sites for hydroxylation is 1. The Labute approximate surface area is 93.3 Å². The zero-order valence-corrected chi connectivity index (χ0v) is 9.71. The van der Waals surface area contributed by atoms with Crippen LogP contribution < -0.4 is 0 Å². The van der Waals surface area contributed by atoms with Crippen LogP contribution in [0.2, 0.25) is 0 Å². The summed E-state index contributed by atoms with van der Waals surface area (Å²) in [5, 5.41) is 0. The molecule has 1 unspecified atom stereocenters. The third-order valence-electron chi connectivity index (χ3n) is 1.97. The molecule has 0 aromatic heterocycles. The quantitative estimate of drug-likeness (QED) is 0.731. The Balaban J connectivity index is 2.70. The lowest BCUT2D eigenvalue weighted by Gasteiger charge is -2.08. The molecule has 2 atom stereocenters. The van der Waals surface area contributed by atoms with Crippen LogP contribution in [0.25, 0.3) is 0 Å². The van der Waals surface area contributed by atoms with E-state index in [1.54, 1.807) is 12.1 Å². The smallest absolute Gasteiger partial charge is 0.190 e. The van der Waals surface area contributed by atoms with Crippen molar-refractivity contribution in [1.82, 2.24) is 0 Å². The second-order valence-corrected chi connectivity index (χ2v) is 4.34. The Morgan fingerprint density at radius 2 is 2.07 bits per heavy atom. The first-order valence-electron chi connectivity index (χ1n) is 4.79. The summed E-state index contributed by atoms with van der Waals surface area (Å²) in [6.45, 7) is 3.88. The molecule has 1 aromatic rings. The van der Waals surface area contributed by atoms with Crippen molar-refractivity contribution in [3.8, 4) is 12.3 Å². The highest BCUT2D eigenvalue weighted by Gasteiger charge is 2.10. The van der Waals surface area contributed by atoms with Crippen LogP contribution in [0.4, 0.5) is 0 Å². The van der Waals surface area contributed by atoms with Crippen molar-refractivity contribution in [3.63, 3.8) is 0 Å². The Hall–Kier alpha value is -1.11. The molecule has 0 heterocycles. The van der Waals surface area contributed by atoms with Gasteiger partial charge >= 0.3 is 0 Å². The van der Waals surface area contributed by atoms with Crippen LogP contribution in [0.3, 0.4) is 0 Å². The van der Waals surface area contributed by atoms with E-state index in [2.05, 4.69) is 5.92 Å². The lowest BCUT2D eigenvalue weighted by Crippen LogP contribution is -2.11. The molecule has 0 amide bonds. The predicted octanol–water partition coefficient (Wildman–Crippen LogP) is 2.45. The van der Waals surface area contributed by atoms with Crippen LogP contribution in [0.15, 0.2) is 29.2 Å². The van der Waals surface area contributed by atoms with Gasteiger partial charge in [-0.2, -0.15) is 0 Å². The molecule has 3 heteroatoms. The van der Waals surface area contributed by atoms with Crippen molar-refractivity contribution >= 4 is 11.1 Å². The number of hydrogen-bond donors (Lipinski definition) is 0. The standard InChI is InChI=1S/C12H14O2S/c1-4-11(5-2)14-15(13)12-8-6-10(3)7-9-12/h1,6-9,11H,5H2,2-3H3/t11-,15?/m1/s1. The van der Waals surface area contributed by atoms with Crippen molar-refractivity contribution in [2.45, 2.75) is 31.3 Å². The SMILES string of the molecule is C#C[C@H](CC)OS(=O)c1ccc(C)cc1. The van der Waals surface area contributed by atoms with E-state index < -0.39 is 11.1 Å². The molecule has 0 bridgehead atoms. The molecule has 80 valence electrons. The molecule has 0 N–H and O–H groups in total. The average molecular weight is 222 g/mol. The van der Waals surface area contributed by atoms with Crippen molar-refractivity contribution in [3.05, 3.63) is 29.8 Å². The molecule has 0 saturated carbocycles. The average Bonchev–Trinajstić information content (AvgIpc) is 2.26. The minimum absolute atomic E-state index is 0.382. The molecular weight excluding hydrogens is 208 g/mol. The fraction of sp³-hybridized carbons (Fsp3) is 0.333. The Morgan fingerprint density at radius 3 is 2.53 bits per heavy atom. The summed E-state index contributed by atoms with van der Waals surface area (Å²) in [4.78, 5) is 0.648. The summed E-state index contributed by atoms with van der Waals surface area (Å²) < 4.78 is 16.9. The topological polar surface area (TPSA) is 26.3 Å². The van der Waals surface area contributed by atoms with Crippen molar-refractivity contribution in [2.75, 3.05) is 0 Å². The summed E-state index contributed by atoms with van der Waals surface area (Å²) in [5.41, 5.74) is 1.12. The van der Waals surface area contributed by atoms with E-state index in [1.807, 2.05) is 26.0 Å². The monoisotopic (exact) mass is 222 g/mol. The van der Waals surface area contributed by atoms with Gasteiger partial charge in [-0.15, -0.1) is 6.42 Å². The first-order chi connectivity index (χ1) is 7.17. The summed E-state index contributed by atoms with van der Waals surface area (Å²) in [6.07, 6.45) is 5.50. The van der Waals surface area contributed by atoms with Gasteiger partial charge in [0.2, 0.25) is 0 Å². The van der Waals surface area contributed by atoms with E-state index in [-0.39, 0.29) is 6.10 Å². The minimum Gasteiger partial charge on any atom is -0.270 e. The number of terminal acetylenes is 1. The molecule has 1 aromatic carbocycles. The molecule has 1 rings (SSSR count).